The van der Waals surface area contributed by atoms with Crippen molar-refractivity contribution in [3.8, 4) is 0 Å². The Morgan fingerprint density at radius 3 is 2.56 bits per heavy atom. The maximum atomic E-state index is 12.2. The molecule has 2 saturated heterocycles. The van der Waals surface area contributed by atoms with Gasteiger partial charge in [0.05, 0.1) is 6.10 Å². The molecule has 3 atom stereocenters. The SMILES string of the molecule is CC1CCN(C(=O)N2CCCC2C(=O)O)CC1O. The molecule has 2 aliphatic heterocycles. The molecule has 2 N–H and O–H groups in total. The van der Waals surface area contributed by atoms with Crippen molar-refractivity contribution in [1.82, 2.24) is 9.80 Å². The third-order valence-corrected chi connectivity index (χ3v) is 3.97. The minimum Gasteiger partial charge on any atom is -0.480 e. The minimum absolute atomic E-state index is 0.197. The van der Waals surface area contributed by atoms with Crippen LogP contribution < -0.4 is 0 Å². The molecule has 0 aromatic rings. The van der Waals surface area contributed by atoms with E-state index in [0.29, 0.717) is 26.1 Å². The molecule has 2 aliphatic rings. The number of hydrogen-bond acceptors (Lipinski definition) is 3. The first-order valence-electron chi connectivity index (χ1n) is 6.47. The number of carbonyl (C=O) groups excluding carboxylic acids is 1. The summed E-state index contributed by atoms with van der Waals surface area (Å²) in [5, 5.41) is 18.8. The Hall–Kier alpha value is -1.30. The summed E-state index contributed by atoms with van der Waals surface area (Å²) in [5.41, 5.74) is 0. The molecule has 2 heterocycles. The van der Waals surface area contributed by atoms with Crippen LogP contribution in [0.2, 0.25) is 0 Å². The van der Waals surface area contributed by atoms with Gasteiger partial charge in [0.2, 0.25) is 0 Å². The second-order valence-electron chi connectivity index (χ2n) is 5.25. The van der Waals surface area contributed by atoms with Gasteiger partial charge in [0.25, 0.3) is 0 Å². The summed E-state index contributed by atoms with van der Waals surface area (Å²) in [6, 6.07) is -0.945. The highest BCUT2D eigenvalue weighted by Crippen LogP contribution is 2.23. The van der Waals surface area contributed by atoms with Gasteiger partial charge in [0.15, 0.2) is 0 Å². The largest absolute Gasteiger partial charge is 0.480 e. The van der Waals surface area contributed by atoms with Crippen molar-refractivity contribution in [1.29, 1.82) is 0 Å². The van der Waals surface area contributed by atoms with Gasteiger partial charge in [-0.3, -0.25) is 0 Å². The Morgan fingerprint density at radius 2 is 1.94 bits per heavy atom. The topological polar surface area (TPSA) is 81.1 Å². The lowest BCUT2D eigenvalue weighted by Crippen LogP contribution is -2.53. The number of carboxylic acids is 1. The Morgan fingerprint density at radius 1 is 1.22 bits per heavy atom. The van der Waals surface area contributed by atoms with Crippen LogP contribution in [0.3, 0.4) is 0 Å². The Bertz CT molecular complexity index is 347. The quantitative estimate of drug-likeness (QED) is 0.709. The molecule has 18 heavy (non-hydrogen) atoms. The predicted octanol–water partition coefficient (Wildman–Crippen LogP) is 0.358. The van der Waals surface area contributed by atoms with Crippen LogP contribution in [0.1, 0.15) is 26.2 Å². The molecule has 0 aromatic heterocycles. The highest BCUT2D eigenvalue weighted by molar-refractivity contribution is 5.83. The van der Waals surface area contributed by atoms with Crippen molar-refractivity contribution < 1.29 is 19.8 Å². The van der Waals surface area contributed by atoms with E-state index in [1.165, 1.54) is 4.90 Å². The second-order valence-corrected chi connectivity index (χ2v) is 5.25. The monoisotopic (exact) mass is 256 g/mol. The first-order chi connectivity index (χ1) is 8.50. The fraction of sp³-hybridized carbons (Fsp3) is 0.833. The zero-order chi connectivity index (χ0) is 13.3. The fourth-order valence-corrected chi connectivity index (χ4v) is 2.66. The van der Waals surface area contributed by atoms with Crippen molar-refractivity contribution in [2.75, 3.05) is 19.6 Å². The highest BCUT2D eigenvalue weighted by atomic mass is 16.4. The molecule has 6 heteroatoms. The number of piperidine rings is 1. The van der Waals surface area contributed by atoms with Crippen LogP contribution in [0.5, 0.6) is 0 Å². The normalized spacial score (nSPS) is 32.7. The van der Waals surface area contributed by atoms with Crippen LogP contribution >= 0.6 is 0 Å². The molecular formula is C12H20N2O4. The molecule has 2 fully saturated rings. The molecule has 0 saturated carbocycles. The van der Waals surface area contributed by atoms with E-state index < -0.39 is 18.1 Å². The number of aliphatic hydroxyl groups is 1. The Balaban J connectivity index is 2.01. The van der Waals surface area contributed by atoms with Gasteiger partial charge >= 0.3 is 12.0 Å². The molecule has 0 spiro atoms. The summed E-state index contributed by atoms with van der Waals surface area (Å²) < 4.78 is 0. The summed E-state index contributed by atoms with van der Waals surface area (Å²) >= 11 is 0. The first-order valence-corrected chi connectivity index (χ1v) is 6.47. The maximum absolute atomic E-state index is 12.2. The molecule has 102 valence electrons. The van der Waals surface area contributed by atoms with Gasteiger partial charge in [-0.15, -0.1) is 0 Å². The first kappa shape index (κ1) is 13.1. The number of carbonyl (C=O) groups is 2. The number of carboxylic acid groups (broad SMARTS) is 1. The van der Waals surface area contributed by atoms with Gasteiger partial charge in [-0.2, -0.15) is 0 Å². The highest BCUT2D eigenvalue weighted by Gasteiger charge is 2.38. The minimum atomic E-state index is -0.938. The van der Waals surface area contributed by atoms with Crippen LogP contribution in [0, 0.1) is 5.92 Å². The number of rotatable bonds is 1. The van der Waals surface area contributed by atoms with Crippen LogP contribution in [0.15, 0.2) is 0 Å². The summed E-state index contributed by atoms with van der Waals surface area (Å²) in [6.07, 6.45) is 1.51. The van der Waals surface area contributed by atoms with Gasteiger partial charge in [-0.05, 0) is 25.2 Å². The van der Waals surface area contributed by atoms with Gasteiger partial charge in [0.1, 0.15) is 6.04 Å². The van der Waals surface area contributed by atoms with Crippen molar-refractivity contribution in [2.45, 2.75) is 38.3 Å². The molecule has 0 radical (unpaired) electrons. The number of aliphatic hydroxyl groups excluding tert-OH is 1. The van der Waals surface area contributed by atoms with E-state index in [9.17, 15) is 14.7 Å². The number of likely N-dealkylation sites (tertiary alicyclic amines) is 2. The lowest BCUT2D eigenvalue weighted by molar-refractivity contribution is -0.141. The molecule has 0 aromatic carbocycles. The summed E-state index contributed by atoms with van der Waals surface area (Å²) in [5.74, 6) is -0.741. The van der Waals surface area contributed by atoms with Crippen molar-refractivity contribution >= 4 is 12.0 Å². The predicted molar refractivity (Wildman–Crippen MR) is 64.1 cm³/mol. The number of aliphatic carboxylic acids is 1. The third-order valence-electron chi connectivity index (χ3n) is 3.97. The molecular weight excluding hydrogens is 236 g/mol. The van der Waals surface area contributed by atoms with Crippen LogP contribution in [-0.4, -0.2) is 63.8 Å². The lowest BCUT2D eigenvalue weighted by atomic mass is 9.96. The van der Waals surface area contributed by atoms with Gasteiger partial charge in [-0.25, -0.2) is 9.59 Å². The van der Waals surface area contributed by atoms with Gasteiger partial charge in [-0.1, -0.05) is 6.92 Å². The van der Waals surface area contributed by atoms with E-state index in [-0.39, 0.29) is 11.9 Å². The summed E-state index contributed by atoms with van der Waals surface area (Å²) in [7, 11) is 0. The Kier molecular flexibility index (Phi) is 3.75. The number of urea groups is 1. The second kappa shape index (κ2) is 5.14. The summed E-state index contributed by atoms with van der Waals surface area (Å²) in [6.45, 7) is 3.36. The number of nitrogens with zero attached hydrogens (tertiary/aromatic N) is 2. The van der Waals surface area contributed by atoms with Crippen LogP contribution in [0.25, 0.3) is 0 Å². The molecule has 0 bridgehead atoms. The average Bonchev–Trinajstić information content (AvgIpc) is 2.81. The van der Waals surface area contributed by atoms with E-state index in [2.05, 4.69) is 0 Å². The molecule has 3 unspecified atom stereocenters. The van der Waals surface area contributed by atoms with Crippen molar-refractivity contribution in [2.24, 2.45) is 5.92 Å². The van der Waals surface area contributed by atoms with E-state index in [1.54, 1.807) is 4.90 Å². The summed E-state index contributed by atoms with van der Waals surface area (Å²) in [4.78, 5) is 26.3. The van der Waals surface area contributed by atoms with Crippen LogP contribution in [0.4, 0.5) is 4.79 Å². The van der Waals surface area contributed by atoms with Gasteiger partial charge < -0.3 is 20.0 Å². The standard InChI is InChI=1S/C12H20N2O4/c1-8-4-6-13(7-10(8)15)12(18)14-5-2-3-9(14)11(16)17/h8-10,15H,2-7H2,1H3,(H,16,17). The number of β-amino-alcohol motifs (C(OH)–C–C–N with tert-alkyl or cyclic N) is 1. The van der Waals surface area contributed by atoms with E-state index >= 15 is 0 Å². The van der Waals surface area contributed by atoms with E-state index in [1.807, 2.05) is 6.92 Å². The number of amides is 2. The number of hydrogen-bond donors (Lipinski definition) is 2. The smallest absolute Gasteiger partial charge is 0.326 e. The zero-order valence-corrected chi connectivity index (χ0v) is 10.6. The fourth-order valence-electron chi connectivity index (χ4n) is 2.66. The molecule has 0 aliphatic carbocycles. The van der Waals surface area contributed by atoms with E-state index in [4.69, 9.17) is 5.11 Å². The average molecular weight is 256 g/mol. The zero-order valence-electron chi connectivity index (χ0n) is 10.6. The Labute approximate surface area is 106 Å². The molecule has 2 rings (SSSR count). The molecule has 2 amide bonds. The third kappa shape index (κ3) is 2.43. The molecule has 6 nitrogen and oxygen atoms in total. The van der Waals surface area contributed by atoms with E-state index in [0.717, 1.165) is 12.8 Å². The van der Waals surface area contributed by atoms with Gasteiger partial charge in [0, 0.05) is 19.6 Å². The van der Waals surface area contributed by atoms with Crippen molar-refractivity contribution in [3.63, 3.8) is 0 Å². The maximum Gasteiger partial charge on any atom is 0.326 e. The van der Waals surface area contributed by atoms with Crippen molar-refractivity contribution in [3.05, 3.63) is 0 Å². The lowest BCUT2D eigenvalue weighted by Gasteiger charge is -2.37. The van der Waals surface area contributed by atoms with Crippen LogP contribution in [-0.2, 0) is 4.79 Å².